The highest BCUT2D eigenvalue weighted by Crippen LogP contribution is 2.29. The van der Waals surface area contributed by atoms with Crippen LogP contribution in [0, 0.1) is 0 Å². The number of hydrogen-bond donors (Lipinski definition) is 3. The standard InChI is InChI=1S/C27H24N6O3/c1-29-27(34)35-16-22-13-26(33-36-22)20-8-4-18(5-9-20)17-2-6-19(7-3-17)25-12-21(14-31-28)23-15-30-11-10-24(23)32-25/h2-13,15,31H,14,16,28H2,1H3,(H,29,34). The van der Waals surface area contributed by atoms with Gasteiger partial charge in [-0.25, -0.2) is 9.78 Å². The fraction of sp³-hybridized carbons (Fsp3) is 0.111. The molecule has 1 amide bonds. The predicted molar refractivity (Wildman–Crippen MR) is 136 cm³/mol. The number of rotatable bonds is 7. The number of aromatic nitrogens is 3. The van der Waals surface area contributed by atoms with Gasteiger partial charge in [0, 0.05) is 48.6 Å². The van der Waals surface area contributed by atoms with Gasteiger partial charge in [-0.1, -0.05) is 53.7 Å². The molecule has 0 bridgehead atoms. The number of fused-ring (bicyclic) bond motifs is 1. The number of ether oxygens (including phenoxy) is 1. The molecule has 0 aliphatic heterocycles. The van der Waals surface area contributed by atoms with E-state index in [1.165, 1.54) is 7.05 Å². The molecular formula is C27H24N6O3. The van der Waals surface area contributed by atoms with Gasteiger partial charge >= 0.3 is 6.09 Å². The lowest BCUT2D eigenvalue weighted by Gasteiger charge is -2.10. The summed E-state index contributed by atoms with van der Waals surface area (Å²) in [5.74, 6) is 6.05. The molecule has 36 heavy (non-hydrogen) atoms. The van der Waals surface area contributed by atoms with Crippen LogP contribution in [-0.4, -0.2) is 28.3 Å². The van der Waals surface area contributed by atoms with E-state index < -0.39 is 6.09 Å². The number of carbonyl (C=O) groups is 1. The molecule has 5 aromatic rings. The third-order valence-electron chi connectivity index (χ3n) is 5.79. The van der Waals surface area contributed by atoms with E-state index in [9.17, 15) is 4.79 Å². The molecule has 0 spiro atoms. The Bertz CT molecular complexity index is 1500. The first-order valence-corrected chi connectivity index (χ1v) is 11.3. The summed E-state index contributed by atoms with van der Waals surface area (Å²) in [5, 5.41) is 7.44. The Morgan fingerprint density at radius 3 is 2.28 bits per heavy atom. The minimum atomic E-state index is -0.523. The smallest absolute Gasteiger partial charge is 0.407 e. The minimum Gasteiger partial charge on any atom is -0.441 e. The zero-order valence-electron chi connectivity index (χ0n) is 19.6. The first-order chi connectivity index (χ1) is 17.6. The number of pyridine rings is 2. The van der Waals surface area contributed by atoms with Crippen molar-refractivity contribution < 1.29 is 14.1 Å². The Morgan fingerprint density at radius 2 is 1.61 bits per heavy atom. The Labute approximate surface area is 207 Å². The molecule has 4 N–H and O–H groups in total. The van der Waals surface area contributed by atoms with Crippen molar-refractivity contribution in [1.29, 1.82) is 0 Å². The zero-order chi connectivity index (χ0) is 24.9. The van der Waals surface area contributed by atoms with Crippen LogP contribution in [0.3, 0.4) is 0 Å². The largest absolute Gasteiger partial charge is 0.441 e. The van der Waals surface area contributed by atoms with Crippen molar-refractivity contribution in [2.45, 2.75) is 13.2 Å². The van der Waals surface area contributed by atoms with Crippen molar-refractivity contribution in [3.63, 3.8) is 0 Å². The minimum absolute atomic E-state index is 0.0181. The first kappa shape index (κ1) is 23.2. The average molecular weight is 481 g/mol. The lowest BCUT2D eigenvalue weighted by molar-refractivity contribution is 0.130. The quantitative estimate of drug-likeness (QED) is 0.230. The average Bonchev–Trinajstić information content (AvgIpc) is 3.41. The van der Waals surface area contributed by atoms with Crippen LogP contribution in [0.1, 0.15) is 11.3 Å². The molecule has 3 heterocycles. The maximum absolute atomic E-state index is 11.2. The number of hydrazine groups is 1. The van der Waals surface area contributed by atoms with Gasteiger partial charge in [-0.05, 0) is 28.8 Å². The fourth-order valence-corrected chi connectivity index (χ4v) is 3.93. The van der Waals surface area contributed by atoms with Crippen LogP contribution >= 0.6 is 0 Å². The predicted octanol–water partition coefficient (Wildman–Crippen LogP) is 4.44. The molecule has 0 saturated carbocycles. The van der Waals surface area contributed by atoms with Gasteiger partial charge in [-0.2, -0.15) is 0 Å². The van der Waals surface area contributed by atoms with E-state index in [4.69, 9.17) is 20.1 Å². The molecule has 0 unspecified atom stereocenters. The summed E-state index contributed by atoms with van der Waals surface area (Å²) in [6.45, 7) is 0.542. The van der Waals surface area contributed by atoms with Crippen LogP contribution in [0.5, 0.6) is 0 Å². The molecule has 3 aromatic heterocycles. The fourth-order valence-electron chi connectivity index (χ4n) is 3.93. The Kier molecular flexibility index (Phi) is 6.65. The normalized spacial score (nSPS) is 10.9. The summed E-state index contributed by atoms with van der Waals surface area (Å²) in [4.78, 5) is 20.2. The maximum atomic E-state index is 11.2. The molecule has 0 aliphatic rings. The zero-order valence-corrected chi connectivity index (χ0v) is 19.6. The van der Waals surface area contributed by atoms with Crippen molar-refractivity contribution in [2.75, 3.05) is 7.05 Å². The maximum Gasteiger partial charge on any atom is 0.407 e. The highest BCUT2D eigenvalue weighted by Gasteiger charge is 2.10. The molecule has 5 rings (SSSR count). The topological polar surface area (TPSA) is 128 Å². The number of nitrogens with two attached hydrogens (primary N) is 1. The summed E-state index contributed by atoms with van der Waals surface area (Å²) in [7, 11) is 1.50. The van der Waals surface area contributed by atoms with E-state index in [2.05, 4.69) is 45.1 Å². The third-order valence-corrected chi connectivity index (χ3v) is 5.79. The molecule has 0 radical (unpaired) electrons. The van der Waals surface area contributed by atoms with Gasteiger partial charge in [-0.15, -0.1) is 0 Å². The van der Waals surface area contributed by atoms with Crippen LogP contribution in [0.15, 0.2) is 83.6 Å². The van der Waals surface area contributed by atoms with Gasteiger partial charge in [0.05, 0.1) is 11.2 Å². The number of nitrogens with one attached hydrogen (secondary N) is 2. The Balaban J connectivity index is 1.34. The summed E-state index contributed by atoms with van der Waals surface area (Å²) in [6.07, 6.45) is 3.03. The first-order valence-electron chi connectivity index (χ1n) is 11.3. The monoisotopic (exact) mass is 480 g/mol. The van der Waals surface area contributed by atoms with Crippen molar-refractivity contribution in [1.82, 2.24) is 25.9 Å². The third kappa shape index (κ3) is 4.92. The van der Waals surface area contributed by atoms with E-state index in [1.54, 1.807) is 12.3 Å². The summed E-state index contributed by atoms with van der Waals surface area (Å²) >= 11 is 0. The molecular weight excluding hydrogens is 456 g/mol. The van der Waals surface area contributed by atoms with Crippen molar-refractivity contribution >= 4 is 17.0 Å². The number of nitrogens with zero attached hydrogens (tertiary/aromatic N) is 3. The molecule has 0 saturated heterocycles. The Morgan fingerprint density at radius 1 is 0.944 bits per heavy atom. The molecule has 180 valence electrons. The number of carbonyl (C=O) groups excluding carboxylic acids is 1. The van der Waals surface area contributed by atoms with Crippen LogP contribution in [0.2, 0.25) is 0 Å². The molecule has 2 aromatic carbocycles. The van der Waals surface area contributed by atoms with Gasteiger partial charge < -0.3 is 14.6 Å². The van der Waals surface area contributed by atoms with Crippen molar-refractivity contribution in [3.8, 4) is 33.6 Å². The molecule has 9 heteroatoms. The summed E-state index contributed by atoms with van der Waals surface area (Å²) < 4.78 is 10.2. The number of amides is 1. The highest BCUT2D eigenvalue weighted by molar-refractivity contribution is 5.84. The highest BCUT2D eigenvalue weighted by atomic mass is 16.6. The molecule has 0 atom stereocenters. The summed E-state index contributed by atoms with van der Waals surface area (Å²) in [5.41, 5.74) is 10.3. The van der Waals surface area contributed by atoms with Gasteiger partial charge in [0.2, 0.25) is 0 Å². The van der Waals surface area contributed by atoms with Crippen LogP contribution in [-0.2, 0) is 17.9 Å². The van der Waals surface area contributed by atoms with Crippen molar-refractivity contribution in [3.05, 3.63) is 90.4 Å². The second-order valence-corrected chi connectivity index (χ2v) is 8.10. The second-order valence-electron chi connectivity index (χ2n) is 8.10. The molecule has 0 fully saturated rings. The number of alkyl carbamates (subject to hydrolysis) is 1. The van der Waals surface area contributed by atoms with Gasteiger partial charge in [0.25, 0.3) is 0 Å². The number of hydrogen-bond acceptors (Lipinski definition) is 8. The number of benzene rings is 2. The van der Waals surface area contributed by atoms with Crippen molar-refractivity contribution in [2.24, 2.45) is 5.84 Å². The van der Waals surface area contributed by atoms with Crippen LogP contribution in [0.4, 0.5) is 4.79 Å². The van der Waals surface area contributed by atoms with E-state index in [0.29, 0.717) is 18.0 Å². The van der Waals surface area contributed by atoms with Crippen LogP contribution in [0.25, 0.3) is 44.5 Å². The Hall–Kier alpha value is -4.60. The second kappa shape index (κ2) is 10.3. The van der Waals surface area contributed by atoms with E-state index >= 15 is 0 Å². The molecule has 9 nitrogen and oxygen atoms in total. The van der Waals surface area contributed by atoms with E-state index in [1.807, 2.05) is 42.6 Å². The lowest BCUT2D eigenvalue weighted by Crippen LogP contribution is -2.21. The van der Waals surface area contributed by atoms with E-state index in [-0.39, 0.29) is 6.61 Å². The lowest BCUT2D eigenvalue weighted by atomic mass is 10.00. The van der Waals surface area contributed by atoms with Gasteiger partial charge in [0.1, 0.15) is 5.69 Å². The van der Waals surface area contributed by atoms with Gasteiger partial charge in [0.15, 0.2) is 12.4 Å². The molecule has 0 aliphatic carbocycles. The SMILES string of the molecule is CNC(=O)OCc1cc(-c2ccc(-c3ccc(-c4cc(CNN)c5cnccc5n4)cc3)cc2)no1. The van der Waals surface area contributed by atoms with Crippen LogP contribution < -0.4 is 16.6 Å². The summed E-state index contributed by atoms with van der Waals surface area (Å²) in [6, 6.07) is 22.0. The van der Waals surface area contributed by atoms with Gasteiger partial charge in [-0.3, -0.25) is 16.3 Å². The van der Waals surface area contributed by atoms with E-state index in [0.717, 1.165) is 44.4 Å².